The Kier molecular flexibility index (Phi) is 4.58. The molecule has 0 aromatic rings. The first-order valence-electron chi connectivity index (χ1n) is 5.85. The van der Waals surface area contributed by atoms with Crippen LogP contribution in [0.25, 0.3) is 0 Å². The fourth-order valence-electron chi connectivity index (χ4n) is 2.21. The Labute approximate surface area is 117 Å². The smallest absolute Gasteiger partial charge is 0.330 e. The molecule has 1 aliphatic rings. The lowest BCUT2D eigenvalue weighted by Gasteiger charge is -2.45. The van der Waals surface area contributed by atoms with Gasteiger partial charge < -0.3 is 16.2 Å². The standard InChI is InChI=1S/C10H18N4O5S/c1-4-5(13-10(11)12)6-7(9(16)19-2)14(8(6)15)20(3,17)18/h5-7H,4H2,1-3H3,(H4,11,12,13)/t5?,6-,7+/m1/s1. The summed E-state index contributed by atoms with van der Waals surface area (Å²) in [5, 5.41) is 0. The number of hydrogen-bond acceptors (Lipinski definition) is 6. The molecule has 0 radical (unpaired) electrons. The molecule has 9 nitrogen and oxygen atoms in total. The third-order valence-corrected chi connectivity index (χ3v) is 4.16. The highest BCUT2D eigenvalue weighted by molar-refractivity contribution is 7.89. The number of methoxy groups -OCH3 is 1. The number of carbonyl (C=O) groups excluding carboxylic acids is 2. The van der Waals surface area contributed by atoms with Gasteiger partial charge >= 0.3 is 5.97 Å². The maximum absolute atomic E-state index is 12.0. The van der Waals surface area contributed by atoms with Crippen molar-refractivity contribution in [1.82, 2.24) is 4.31 Å². The molecule has 1 unspecified atom stereocenters. The molecule has 0 aromatic carbocycles. The maximum Gasteiger partial charge on any atom is 0.330 e. The molecule has 3 atom stereocenters. The number of rotatable bonds is 5. The topological polar surface area (TPSA) is 145 Å². The lowest BCUT2D eigenvalue weighted by molar-refractivity contribution is -0.165. The first kappa shape index (κ1) is 16.2. The summed E-state index contributed by atoms with van der Waals surface area (Å²) in [6.07, 6.45) is 1.22. The van der Waals surface area contributed by atoms with E-state index in [0.717, 1.165) is 13.4 Å². The normalized spacial score (nSPS) is 23.8. The molecular weight excluding hydrogens is 288 g/mol. The van der Waals surface area contributed by atoms with Gasteiger partial charge in [0.05, 0.1) is 25.3 Å². The van der Waals surface area contributed by atoms with Crippen molar-refractivity contribution in [2.75, 3.05) is 13.4 Å². The van der Waals surface area contributed by atoms with Crippen molar-refractivity contribution in [2.24, 2.45) is 22.4 Å². The average Bonchev–Trinajstić information content (AvgIpc) is 2.31. The number of carbonyl (C=O) groups is 2. The van der Waals surface area contributed by atoms with Crippen molar-refractivity contribution >= 4 is 27.9 Å². The summed E-state index contributed by atoms with van der Waals surface area (Å²) < 4.78 is 28.1. The summed E-state index contributed by atoms with van der Waals surface area (Å²) in [5.41, 5.74) is 10.5. The van der Waals surface area contributed by atoms with Crippen LogP contribution in [0.5, 0.6) is 0 Å². The van der Waals surface area contributed by atoms with Crippen molar-refractivity contribution in [3.63, 3.8) is 0 Å². The molecule has 0 aliphatic carbocycles. The van der Waals surface area contributed by atoms with Crippen molar-refractivity contribution in [3.8, 4) is 0 Å². The van der Waals surface area contributed by atoms with Crippen LogP contribution in [-0.2, 0) is 24.3 Å². The molecule has 1 fully saturated rings. The molecule has 114 valence electrons. The first-order valence-corrected chi connectivity index (χ1v) is 7.69. The van der Waals surface area contributed by atoms with Gasteiger partial charge in [0, 0.05) is 0 Å². The second-order valence-corrected chi connectivity index (χ2v) is 6.28. The predicted molar refractivity (Wildman–Crippen MR) is 70.9 cm³/mol. The van der Waals surface area contributed by atoms with E-state index < -0.39 is 39.9 Å². The molecule has 1 saturated heterocycles. The molecule has 10 heteroatoms. The lowest BCUT2D eigenvalue weighted by Crippen LogP contribution is -2.68. The second kappa shape index (κ2) is 5.65. The van der Waals surface area contributed by atoms with Crippen LogP contribution in [0.4, 0.5) is 0 Å². The minimum absolute atomic E-state index is 0.230. The molecule has 0 spiro atoms. The lowest BCUT2D eigenvalue weighted by atomic mass is 9.82. The molecule has 20 heavy (non-hydrogen) atoms. The Morgan fingerprint density at radius 3 is 2.40 bits per heavy atom. The van der Waals surface area contributed by atoms with Crippen LogP contribution in [0.3, 0.4) is 0 Å². The van der Waals surface area contributed by atoms with E-state index in [1.807, 2.05) is 0 Å². The van der Waals surface area contributed by atoms with Crippen molar-refractivity contribution in [1.29, 1.82) is 0 Å². The summed E-state index contributed by atoms with van der Waals surface area (Å²) in [6, 6.07) is -1.90. The van der Waals surface area contributed by atoms with E-state index >= 15 is 0 Å². The van der Waals surface area contributed by atoms with E-state index in [4.69, 9.17) is 11.5 Å². The Hall–Kier alpha value is -1.84. The highest BCUT2D eigenvalue weighted by Crippen LogP contribution is 2.35. The zero-order valence-corrected chi connectivity index (χ0v) is 12.3. The van der Waals surface area contributed by atoms with Crippen LogP contribution in [-0.4, -0.2) is 56.0 Å². The third-order valence-electron chi connectivity index (χ3n) is 3.04. The highest BCUT2D eigenvalue weighted by Gasteiger charge is 2.59. The number of β-lactam (4-membered cyclic amide) rings is 1. The minimum atomic E-state index is -3.85. The molecule has 1 amide bonds. The maximum atomic E-state index is 12.0. The number of nitrogens with zero attached hydrogens (tertiary/aromatic N) is 2. The van der Waals surface area contributed by atoms with E-state index in [2.05, 4.69) is 9.73 Å². The number of amides is 1. The van der Waals surface area contributed by atoms with Gasteiger partial charge in [-0.2, -0.15) is 0 Å². The SMILES string of the molecule is CCC(N=C(N)N)[C@H]1C(=O)N(S(C)(=O)=O)[C@@H]1C(=O)OC. The molecular formula is C10H18N4O5S. The van der Waals surface area contributed by atoms with Crippen LogP contribution >= 0.6 is 0 Å². The van der Waals surface area contributed by atoms with Crippen molar-refractivity contribution in [2.45, 2.75) is 25.4 Å². The van der Waals surface area contributed by atoms with Crippen molar-refractivity contribution < 1.29 is 22.7 Å². The fourth-order valence-corrected chi connectivity index (χ4v) is 3.29. The van der Waals surface area contributed by atoms with E-state index in [1.165, 1.54) is 0 Å². The van der Waals surface area contributed by atoms with Gasteiger partial charge in [-0.15, -0.1) is 0 Å². The molecule has 1 rings (SSSR count). The predicted octanol–water partition coefficient (Wildman–Crippen LogP) is -2.00. The number of sulfonamides is 1. The number of hydrogen-bond donors (Lipinski definition) is 2. The van der Waals surface area contributed by atoms with Crippen LogP contribution < -0.4 is 11.5 Å². The van der Waals surface area contributed by atoms with Gasteiger partial charge in [-0.25, -0.2) is 22.5 Å². The van der Waals surface area contributed by atoms with E-state index in [1.54, 1.807) is 6.92 Å². The number of guanidine groups is 1. The van der Waals surface area contributed by atoms with Gasteiger partial charge in [0.1, 0.15) is 0 Å². The van der Waals surface area contributed by atoms with Crippen LogP contribution in [0.2, 0.25) is 0 Å². The molecule has 0 bridgehead atoms. The van der Waals surface area contributed by atoms with Crippen molar-refractivity contribution in [3.05, 3.63) is 0 Å². The molecule has 4 N–H and O–H groups in total. The number of nitrogens with two attached hydrogens (primary N) is 2. The monoisotopic (exact) mass is 306 g/mol. The number of ether oxygens (including phenoxy) is 1. The van der Waals surface area contributed by atoms with Gasteiger partial charge in [-0.1, -0.05) is 6.92 Å². The summed E-state index contributed by atoms with van der Waals surface area (Å²) in [6.45, 7) is 1.72. The van der Waals surface area contributed by atoms with Crippen LogP contribution in [0.1, 0.15) is 13.3 Å². The summed E-state index contributed by atoms with van der Waals surface area (Å²) in [5.74, 6) is -2.70. The first-order chi connectivity index (χ1) is 9.15. The van der Waals surface area contributed by atoms with E-state index in [0.29, 0.717) is 10.7 Å². The molecule has 1 aliphatic heterocycles. The van der Waals surface area contributed by atoms with Gasteiger partial charge in [-0.05, 0) is 6.42 Å². The number of aliphatic imine (C=N–C) groups is 1. The highest BCUT2D eigenvalue weighted by atomic mass is 32.2. The number of esters is 1. The van der Waals surface area contributed by atoms with Crippen LogP contribution in [0, 0.1) is 5.92 Å². The Balaban J connectivity index is 3.17. The van der Waals surface area contributed by atoms with Crippen LogP contribution in [0.15, 0.2) is 4.99 Å². The average molecular weight is 306 g/mol. The zero-order chi connectivity index (χ0) is 15.7. The van der Waals surface area contributed by atoms with Gasteiger partial charge in [0.2, 0.25) is 15.9 Å². The van der Waals surface area contributed by atoms with E-state index in [-0.39, 0.29) is 5.96 Å². The quantitative estimate of drug-likeness (QED) is 0.258. The fraction of sp³-hybridized carbons (Fsp3) is 0.700. The van der Waals surface area contributed by atoms with Gasteiger partial charge in [-0.3, -0.25) is 4.79 Å². The third kappa shape index (κ3) is 2.84. The summed E-state index contributed by atoms with van der Waals surface area (Å²) >= 11 is 0. The largest absolute Gasteiger partial charge is 0.467 e. The summed E-state index contributed by atoms with van der Waals surface area (Å²) in [7, 11) is -2.74. The van der Waals surface area contributed by atoms with Gasteiger partial charge in [0.15, 0.2) is 12.0 Å². The minimum Gasteiger partial charge on any atom is -0.467 e. The Morgan fingerprint density at radius 1 is 1.50 bits per heavy atom. The zero-order valence-electron chi connectivity index (χ0n) is 11.4. The Bertz CT molecular complexity index is 540. The second-order valence-electron chi connectivity index (χ2n) is 4.42. The molecule has 1 heterocycles. The van der Waals surface area contributed by atoms with E-state index in [9.17, 15) is 18.0 Å². The van der Waals surface area contributed by atoms with Gasteiger partial charge in [0.25, 0.3) is 0 Å². The molecule has 0 aromatic heterocycles. The Morgan fingerprint density at radius 2 is 2.05 bits per heavy atom. The molecule has 0 saturated carbocycles. The summed E-state index contributed by atoms with van der Waals surface area (Å²) in [4.78, 5) is 27.6.